The van der Waals surface area contributed by atoms with E-state index in [0.29, 0.717) is 13.1 Å². The smallest absolute Gasteiger partial charge is 0.240 e. The SMILES string of the molecule is CCCNS(=O)(=O)c1ccc2c(c1)NCC(CC)(CC)O2. The minimum absolute atomic E-state index is 0.201. The van der Waals surface area contributed by atoms with Crippen molar-refractivity contribution in [3.63, 3.8) is 0 Å². The fraction of sp³-hybridized carbons (Fsp3) is 0.600. The minimum atomic E-state index is -3.44. The summed E-state index contributed by atoms with van der Waals surface area (Å²) in [7, 11) is -3.44. The second-order valence-electron chi connectivity index (χ2n) is 5.40. The van der Waals surface area contributed by atoms with Gasteiger partial charge in [0, 0.05) is 6.54 Å². The Labute approximate surface area is 127 Å². The van der Waals surface area contributed by atoms with E-state index in [9.17, 15) is 8.42 Å². The maximum absolute atomic E-state index is 12.1. The molecule has 0 radical (unpaired) electrons. The highest BCUT2D eigenvalue weighted by Crippen LogP contribution is 2.37. The van der Waals surface area contributed by atoms with E-state index in [1.54, 1.807) is 18.2 Å². The summed E-state index contributed by atoms with van der Waals surface area (Å²) in [4.78, 5) is 0.270. The van der Waals surface area contributed by atoms with Crippen molar-refractivity contribution in [3.05, 3.63) is 18.2 Å². The van der Waals surface area contributed by atoms with Gasteiger partial charge in [0.15, 0.2) is 0 Å². The van der Waals surface area contributed by atoms with Crippen LogP contribution in [-0.4, -0.2) is 27.1 Å². The number of ether oxygens (including phenoxy) is 1. The number of sulfonamides is 1. The van der Waals surface area contributed by atoms with Crippen LogP contribution >= 0.6 is 0 Å². The fourth-order valence-corrected chi connectivity index (χ4v) is 3.55. The average Bonchev–Trinajstić information content (AvgIpc) is 2.51. The fourth-order valence-electron chi connectivity index (χ4n) is 2.39. The molecule has 0 fully saturated rings. The van der Waals surface area contributed by atoms with Gasteiger partial charge in [0.25, 0.3) is 0 Å². The first-order chi connectivity index (χ1) is 9.96. The Morgan fingerprint density at radius 2 is 2.00 bits per heavy atom. The van der Waals surface area contributed by atoms with Gasteiger partial charge in [-0.15, -0.1) is 0 Å². The van der Waals surface area contributed by atoms with Crippen molar-refractivity contribution >= 4 is 15.7 Å². The highest BCUT2D eigenvalue weighted by atomic mass is 32.2. The predicted molar refractivity (Wildman–Crippen MR) is 84.4 cm³/mol. The van der Waals surface area contributed by atoms with Gasteiger partial charge in [0.1, 0.15) is 11.4 Å². The Morgan fingerprint density at radius 1 is 1.29 bits per heavy atom. The Bertz CT molecular complexity index is 595. The van der Waals surface area contributed by atoms with E-state index in [4.69, 9.17) is 4.74 Å². The highest BCUT2D eigenvalue weighted by Gasteiger charge is 2.33. The third-order valence-corrected chi connectivity index (χ3v) is 5.48. The molecule has 0 amide bonds. The predicted octanol–water partition coefficient (Wildman–Crippen LogP) is 2.74. The van der Waals surface area contributed by atoms with Crippen LogP contribution in [0.1, 0.15) is 40.0 Å². The van der Waals surface area contributed by atoms with Crippen LogP contribution < -0.4 is 14.8 Å². The third-order valence-electron chi connectivity index (χ3n) is 4.02. The minimum Gasteiger partial charge on any atom is -0.483 e. The molecule has 1 aromatic carbocycles. The summed E-state index contributed by atoms with van der Waals surface area (Å²) in [5.74, 6) is 0.722. The number of benzene rings is 1. The number of rotatable bonds is 6. The first kappa shape index (κ1) is 16.1. The van der Waals surface area contributed by atoms with Crippen molar-refractivity contribution in [2.45, 2.75) is 50.5 Å². The summed E-state index contributed by atoms with van der Waals surface area (Å²) in [6.07, 6.45) is 2.59. The van der Waals surface area contributed by atoms with Gasteiger partial charge in [-0.1, -0.05) is 20.8 Å². The first-order valence-corrected chi connectivity index (χ1v) is 9.01. The third kappa shape index (κ3) is 3.32. The van der Waals surface area contributed by atoms with Gasteiger partial charge in [-0.3, -0.25) is 0 Å². The van der Waals surface area contributed by atoms with Crippen LogP contribution in [0, 0.1) is 0 Å². The molecule has 5 nitrogen and oxygen atoms in total. The number of hydrogen-bond acceptors (Lipinski definition) is 4. The number of fused-ring (bicyclic) bond motifs is 1. The van der Waals surface area contributed by atoms with E-state index >= 15 is 0 Å². The van der Waals surface area contributed by atoms with Crippen LogP contribution in [-0.2, 0) is 10.0 Å². The van der Waals surface area contributed by atoms with E-state index in [2.05, 4.69) is 23.9 Å². The van der Waals surface area contributed by atoms with Crippen LogP contribution in [0.3, 0.4) is 0 Å². The molecule has 0 aliphatic carbocycles. The van der Waals surface area contributed by atoms with E-state index < -0.39 is 10.0 Å². The van der Waals surface area contributed by atoms with E-state index in [-0.39, 0.29) is 10.5 Å². The highest BCUT2D eigenvalue weighted by molar-refractivity contribution is 7.89. The van der Waals surface area contributed by atoms with Gasteiger partial charge in [-0.05, 0) is 37.5 Å². The molecular weight excluding hydrogens is 288 g/mol. The summed E-state index contributed by atoms with van der Waals surface area (Å²) in [5, 5.41) is 3.31. The normalized spacial score (nSPS) is 16.7. The first-order valence-electron chi connectivity index (χ1n) is 7.53. The molecule has 0 aromatic heterocycles. The zero-order chi connectivity index (χ0) is 15.5. The number of nitrogens with one attached hydrogen (secondary N) is 2. The maximum atomic E-state index is 12.1. The Hall–Kier alpha value is -1.27. The zero-order valence-electron chi connectivity index (χ0n) is 12.9. The summed E-state index contributed by atoms with van der Waals surface area (Å²) in [6.45, 7) is 7.27. The van der Waals surface area contributed by atoms with E-state index in [1.807, 2.05) is 6.92 Å². The van der Waals surface area contributed by atoms with Gasteiger partial charge < -0.3 is 10.1 Å². The second-order valence-corrected chi connectivity index (χ2v) is 7.17. The van der Waals surface area contributed by atoms with Crippen molar-refractivity contribution in [2.24, 2.45) is 0 Å². The van der Waals surface area contributed by atoms with Crippen molar-refractivity contribution in [3.8, 4) is 5.75 Å². The van der Waals surface area contributed by atoms with Gasteiger partial charge in [0.05, 0.1) is 17.1 Å². The Morgan fingerprint density at radius 3 is 2.62 bits per heavy atom. The molecule has 2 rings (SSSR count). The second kappa shape index (κ2) is 6.23. The molecule has 1 aromatic rings. The van der Waals surface area contributed by atoms with Crippen LogP contribution in [0.2, 0.25) is 0 Å². The summed E-state index contributed by atoms with van der Waals surface area (Å²) in [5.41, 5.74) is 0.542. The molecule has 0 saturated carbocycles. The Kier molecular flexibility index (Phi) is 4.78. The molecule has 0 unspecified atom stereocenters. The molecule has 6 heteroatoms. The molecule has 1 aliphatic rings. The Balaban J connectivity index is 2.26. The van der Waals surface area contributed by atoms with Crippen LogP contribution in [0.5, 0.6) is 5.75 Å². The molecule has 0 bridgehead atoms. The van der Waals surface area contributed by atoms with Gasteiger partial charge in [0.2, 0.25) is 10.0 Å². The topological polar surface area (TPSA) is 67.4 Å². The molecular formula is C15H24N2O3S. The number of anilines is 1. The summed E-state index contributed by atoms with van der Waals surface area (Å²) in [6, 6.07) is 4.98. The quantitative estimate of drug-likeness (QED) is 0.847. The van der Waals surface area contributed by atoms with Gasteiger partial charge in [-0.25, -0.2) is 13.1 Å². The molecule has 0 spiro atoms. The molecule has 1 aliphatic heterocycles. The molecule has 2 N–H and O–H groups in total. The molecule has 0 atom stereocenters. The maximum Gasteiger partial charge on any atom is 0.240 e. The summed E-state index contributed by atoms with van der Waals surface area (Å²) >= 11 is 0. The lowest BCUT2D eigenvalue weighted by Gasteiger charge is -2.38. The van der Waals surface area contributed by atoms with Crippen LogP contribution in [0.25, 0.3) is 0 Å². The largest absolute Gasteiger partial charge is 0.483 e. The van der Waals surface area contributed by atoms with Gasteiger partial charge >= 0.3 is 0 Å². The van der Waals surface area contributed by atoms with Gasteiger partial charge in [-0.2, -0.15) is 0 Å². The molecule has 21 heavy (non-hydrogen) atoms. The van der Waals surface area contributed by atoms with Crippen molar-refractivity contribution in [2.75, 3.05) is 18.4 Å². The summed E-state index contributed by atoms with van der Waals surface area (Å²) < 4.78 is 32.9. The lowest BCUT2D eigenvalue weighted by atomic mass is 9.95. The lowest BCUT2D eigenvalue weighted by molar-refractivity contribution is 0.0670. The molecule has 118 valence electrons. The molecule has 1 heterocycles. The van der Waals surface area contributed by atoms with Crippen molar-refractivity contribution in [1.29, 1.82) is 0 Å². The van der Waals surface area contributed by atoms with E-state index in [1.165, 1.54) is 0 Å². The standard InChI is InChI=1S/C15H24N2O3S/c1-4-9-17-21(18,19)12-7-8-14-13(10-12)16-11-15(5-2,6-3)20-14/h7-8,10,16-17H,4-6,9,11H2,1-3H3. The van der Waals surface area contributed by atoms with Crippen LogP contribution in [0.4, 0.5) is 5.69 Å². The number of hydrogen-bond donors (Lipinski definition) is 2. The van der Waals surface area contributed by atoms with Crippen molar-refractivity contribution < 1.29 is 13.2 Å². The van der Waals surface area contributed by atoms with E-state index in [0.717, 1.165) is 30.7 Å². The average molecular weight is 312 g/mol. The molecule has 0 saturated heterocycles. The lowest BCUT2D eigenvalue weighted by Crippen LogP contribution is -2.44. The monoisotopic (exact) mass is 312 g/mol. The zero-order valence-corrected chi connectivity index (χ0v) is 13.7. The van der Waals surface area contributed by atoms with Crippen molar-refractivity contribution in [1.82, 2.24) is 4.72 Å². The van der Waals surface area contributed by atoms with Crippen LogP contribution in [0.15, 0.2) is 23.1 Å².